The van der Waals surface area contributed by atoms with Crippen molar-refractivity contribution in [3.05, 3.63) is 59.2 Å². The second kappa shape index (κ2) is 6.37. The third kappa shape index (κ3) is 2.99. The van der Waals surface area contributed by atoms with E-state index in [4.69, 9.17) is 14.5 Å². The lowest BCUT2D eigenvalue weighted by atomic mass is 9.85. The summed E-state index contributed by atoms with van der Waals surface area (Å²) in [5.41, 5.74) is 5.04. The molecule has 0 spiro atoms. The first-order valence-corrected chi connectivity index (χ1v) is 7.38. The Morgan fingerprint density at radius 2 is 1.76 bits per heavy atom. The first-order valence-electron chi connectivity index (χ1n) is 7.38. The number of aliphatic imine (C=N–C) groups is 1. The van der Waals surface area contributed by atoms with Crippen molar-refractivity contribution in [2.24, 2.45) is 4.99 Å². The Balaban J connectivity index is 1.88. The smallest absolute Gasteiger partial charge is 0.106 e. The van der Waals surface area contributed by atoms with Gasteiger partial charge in [0.15, 0.2) is 0 Å². The predicted molar refractivity (Wildman–Crippen MR) is 84.8 cm³/mol. The molecule has 0 aromatic heterocycles. The molecule has 21 heavy (non-hydrogen) atoms. The normalized spacial score (nSPS) is 24.8. The van der Waals surface area contributed by atoms with Crippen LogP contribution in [-0.2, 0) is 15.9 Å². The van der Waals surface area contributed by atoms with Crippen LogP contribution in [-0.4, -0.2) is 38.7 Å². The number of hydrogen-bond donors (Lipinski definition) is 0. The highest BCUT2D eigenvalue weighted by atomic mass is 16.5. The molecule has 3 rings (SSSR count). The van der Waals surface area contributed by atoms with Gasteiger partial charge < -0.3 is 9.47 Å². The average molecular weight is 283 g/mol. The summed E-state index contributed by atoms with van der Waals surface area (Å²) in [6.07, 6.45) is 6.20. The van der Waals surface area contributed by atoms with Crippen LogP contribution in [0.1, 0.15) is 12.0 Å². The second-order valence-electron chi connectivity index (χ2n) is 5.41. The Bertz CT molecular complexity index is 586. The number of ether oxygens (including phenoxy) is 2. The fraction of sp³-hybridized carbons (Fsp3) is 0.389. The van der Waals surface area contributed by atoms with Crippen molar-refractivity contribution in [3.63, 3.8) is 0 Å². The Morgan fingerprint density at radius 3 is 2.48 bits per heavy atom. The number of allylic oxidation sites excluding steroid dienone is 1. The molecular weight excluding hydrogens is 262 g/mol. The molecule has 0 radical (unpaired) electrons. The van der Waals surface area contributed by atoms with Crippen LogP contribution in [0, 0.1) is 0 Å². The number of methoxy groups -OCH3 is 2. The molecule has 0 saturated heterocycles. The molecular formula is C18H21NO2. The summed E-state index contributed by atoms with van der Waals surface area (Å²) in [5, 5.41) is 0. The maximum atomic E-state index is 5.54. The molecule has 0 amide bonds. The Kier molecular flexibility index (Phi) is 4.32. The molecule has 2 atom stereocenters. The van der Waals surface area contributed by atoms with E-state index in [-0.39, 0.29) is 12.2 Å². The standard InChI is InChI=1S/C18H21NO2/c1-20-17-11-14-8-9-19-16(15(14)12-18(17)21-2)10-13-6-4-3-5-7-13/h3-7,11-12,17-18H,8-10H2,1-2H3. The van der Waals surface area contributed by atoms with Gasteiger partial charge in [0.05, 0.1) is 0 Å². The molecule has 1 aromatic carbocycles. The van der Waals surface area contributed by atoms with E-state index in [0.29, 0.717) is 0 Å². The molecule has 2 unspecified atom stereocenters. The van der Waals surface area contributed by atoms with Gasteiger partial charge in [0.1, 0.15) is 12.2 Å². The van der Waals surface area contributed by atoms with Crippen molar-refractivity contribution in [1.82, 2.24) is 0 Å². The summed E-state index contributed by atoms with van der Waals surface area (Å²) in [4.78, 5) is 4.74. The monoisotopic (exact) mass is 283 g/mol. The van der Waals surface area contributed by atoms with Crippen LogP contribution in [0.4, 0.5) is 0 Å². The van der Waals surface area contributed by atoms with Gasteiger partial charge in [-0.15, -0.1) is 0 Å². The van der Waals surface area contributed by atoms with Gasteiger partial charge in [0.25, 0.3) is 0 Å². The Labute approximate surface area is 126 Å². The molecule has 1 aromatic rings. The highest BCUT2D eigenvalue weighted by Crippen LogP contribution is 2.30. The molecule has 3 nitrogen and oxygen atoms in total. The summed E-state index contributed by atoms with van der Waals surface area (Å²) in [6.45, 7) is 0.861. The van der Waals surface area contributed by atoms with E-state index < -0.39 is 0 Å². The minimum atomic E-state index is -0.0344. The van der Waals surface area contributed by atoms with Gasteiger partial charge in [-0.2, -0.15) is 0 Å². The molecule has 1 aliphatic carbocycles. The van der Waals surface area contributed by atoms with E-state index in [1.54, 1.807) is 14.2 Å². The van der Waals surface area contributed by atoms with Gasteiger partial charge in [-0.1, -0.05) is 30.3 Å². The first kappa shape index (κ1) is 14.2. The van der Waals surface area contributed by atoms with Crippen LogP contribution >= 0.6 is 0 Å². The van der Waals surface area contributed by atoms with Crippen LogP contribution in [0.25, 0.3) is 0 Å². The maximum absolute atomic E-state index is 5.54. The summed E-state index contributed by atoms with van der Waals surface area (Å²) in [7, 11) is 3.46. The fourth-order valence-corrected chi connectivity index (χ4v) is 2.99. The summed E-state index contributed by atoms with van der Waals surface area (Å²) in [6, 6.07) is 10.5. The highest BCUT2D eigenvalue weighted by molar-refractivity contribution is 6.06. The molecule has 110 valence electrons. The molecule has 1 heterocycles. The SMILES string of the molecule is COC1C=C2CCN=C(Cc3ccccc3)C2=CC1OC. The number of nitrogens with zero attached hydrogens (tertiary/aromatic N) is 1. The topological polar surface area (TPSA) is 30.8 Å². The Hall–Kier alpha value is -1.71. The highest BCUT2D eigenvalue weighted by Gasteiger charge is 2.28. The summed E-state index contributed by atoms with van der Waals surface area (Å²) < 4.78 is 11.1. The van der Waals surface area contributed by atoms with Gasteiger partial charge in [0, 0.05) is 32.9 Å². The van der Waals surface area contributed by atoms with Gasteiger partial charge in [0.2, 0.25) is 0 Å². The van der Waals surface area contributed by atoms with Crippen LogP contribution < -0.4 is 0 Å². The van der Waals surface area contributed by atoms with Crippen LogP contribution in [0.2, 0.25) is 0 Å². The predicted octanol–water partition coefficient (Wildman–Crippen LogP) is 2.97. The molecule has 3 heteroatoms. The zero-order valence-electron chi connectivity index (χ0n) is 12.6. The van der Waals surface area contributed by atoms with E-state index in [9.17, 15) is 0 Å². The van der Waals surface area contributed by atoms with Crippen molar-refractivity contribution >= 4 is 5.71 Å². The van der Waals surface area contributed by atoms with Gasteiger partial charge >= 0.3 is 0 Å². The lowest BCUT2D eigenvalue weighted by Gasteiger charge is -2.30. The number of rotatable bonds is 4. The first-order chi connectivity index (χ1) is 10.3. The minimum absolute atomic E-state index is 0.00447. The van der Waals surface area contributed by atoms with Gasteiger partial charge in [-0.05, 0) is 35.3 Å². The van der Waals surface area contributed by atoms with Crippen molar-refractivity contribution in [1.29, 1.82) is 0 Å². The van der Waals surface area contributed by atoms with E-state index >= 15 is 0 Å². The van der Waals surface area contributed by atoms with Gasteiger partial charge in [-0.25, -0.2) is 0 Å². The zero-order valence-corrected chi connectivity index (χ0v) is 12.6. The molecule has 0 saturated carbocycles. The third-order valence-corrected chi connectivity index (χ3v) is 4.12. The summed E-state index contributed by atoms with van der Waals surface area (Å²) in [5.74, 6) is 0. The molecule has 1 aliphatic heterocycles. The van der Waals surface area contributed by atoms with E-state index in [1.807, 2.05) is 6.07 Å². The van der Waals surface area contributed by atoms with Crippen molar-refractivity contribution in [3.8, 4) is 0 Å². The van der Waals surface area contributed by atoms with Crippen LogP contribution in [0.5, 0.6) is 0 Å². The van der Waals surface area contributed by atoms with Crippen molar-refractivity contribution < 1.29 is 9.47 Å². The minimum Gasteiger partial charge on any atom is -0.374 e. The van der Waals surface area contributed by atoms with Crippen LogP contribution in [0.15, 0.2) is 58.6 Å². The van der Waals surface area contributed by atoms with Gasteiger partial charge in [-0.3, -0.25) is 4.99 Å². The lowest BCUT2D eigenvalue weighted by molar-refractivity contribution is 0.0130. The molecule has 0 fully saturated rings. The number of fused-ring (bicyclic) bond motifs is 1. The fourth-order valence-electron chi connectivity index (χ4n) is 2.99. The van der Waals surface area contributed by atoms with Crippen molar-refractivity contribution in [2.45, 2.75) is 25.0 Å². The third-order valence-electron chi connectivity index (χ3n) is 4.12. The average Bonchev–Trinajstić information content (AvgIpc) is 2.55. The largest absolute Gasteiger partial charge is 0.374 e. The lowest BCUT2D eigenvalue weighted by Crippen LogP contribution is -2.32. The maximum Gasteiger partial charge on any atom is 0.106 e. The Morgan fingerprint density at radius 1 is 1.05 bits per heavy atom. The molecule has 0 bridgehead atoms. The second-order valence-corrected chi connectivity index (χ2v) is 5.41. The summed E-state index contributed by atoms with van der Waals surface area (Å²) >= 11 is 0. The molecule has 2 aliphatic rings. The van der Waals surface area contributed by atoms with E-state index in [1.165, 1.54) is 16.7 Å². The van der Waals surface area contributed by atoms with E-state index in [2.05, 4.69) is 36.4 Å². The number of hydrogen-bond acceptors (Lipinski definition) is 3. The van der Waals surface area contributed by atoms with Crippen LogP contribution in [0.3, 0.4) is 0 Å². The van der Waals surface area contributed by atoms with Crippen molar-refractivity contribution in [2.75, 3.05) is 20.8 Å². The quantitative estimate of drug-likeness (QED) is 0.850. The zero-order chi connectivity index (χ0) is 14.7. The molecule has 0 N–H and O–H groups in total. The van der Waals surface area contributed by atoms with E-state index in [0.717, 1.165) is 25.1 Å². The number of benzene rings is 1.